The van der Waals surface area contributed by atoms with Crippen LogP contribution < -0.4 is 21.6 Å². The largest absolute Gasteiger partial charge is 0.352 e. The minimum Gasteiger partial charge on any atom is -0.352 e. The Kier molecular flexibility index (Phi) is 12.1. The number of amides is 4. The highest BCUT2D eigenvalue weighted by atomic mass is 35.5. The normalized spacial score (nSPS) is 29.1. The Morgan fingerprint density at radius 2 is 1.59 bits per heavy atom. The van der Waals surface area contributed by atoms with E-state index in [0.29, 0.717) is 52.4 Å². The molecule has 3 aromatic carbocycles. The van der Waals surface area contributed by atoms with Gasteiger partial charge < -0.3 is 20.4 Å². The van der Waals surface area contributed by atoms with Gasteiger partial charge in [0.15, 0.2) is 0 Å². The summed E-state index contributed by atoms with van der Waals surface area (Å²) in [6.45, 7) is 6.43. The van der Waals surface area contributed by atoms with Crippen LogP contribution in [0.1, 0.15) is 112 Å². The maximum atomic E-state index is 16.5. The highest BCUT2D eigenvalue weighted by Gasteiger charge is 2.74. The van der Waals surface area contributed by atoms with E-state index >= 15 is 4.39 Å². The van der Waals surface area contributed by atoms with Gasteiger partial charge in [-0.3, -0.25) is 38.5 Å². The van der Waals surface area contributed by atoms with Crippen LogP contribution in [0.5, 0.6) is 0 Å². The molecule has 69 heavy (non-hydrogen) atoms. The van der Waals surface area contributed by atoms with Gasteiger partial charge in [0, 0.05) is 67.9 Å². The van der Waals surface area contributed by atoms with E-state index in [-0.39, 0.29) is 40.9 Å². The first-order chi connectivity index (χ1) is 33.2. The van der Waals surface area contributed by atoms with Gasteiger partial charge in [0.1, 0.15) is 17.3 Å². The number of benzene rings is 3. The highest BCUT2D eigenvalue weighted by Crippen LogP contribution is 2.66. The molecule has 7 aliphatic rings. The number of carbonyl (C=O) groups excluding carboxylic acids is 4. The molecule has 4 amide bonds. The molecule has 6 heterocycles. The minimum atomic E-state index is -1.24. The van der Waals surface area contributed by atoms with Gasteiger partial charge in [-0.05, 0) is 143 Å². The zero-order valence-electron chi connectivity index (χ0n) is 39.6. The van der Waals surface area contributed by atoms with Gasteiger partial charge in [0.05, 0.1) is 22.1 Å². The lowest BCUT2D eigenvalue weighted by atomic mass is 9.55. The Bertz CT molecular complexity index is 2780. The monoisotopic (exact) mass is 980 g/mol. The van der Waals surface area contributed by atoms with Crippen molar-refractivity contribution in [3.05, 3.63) is 97.6 Å². The summed E-state index contributed by atoms with van der Waals surface area (Å²) in [7, 11) is 3.71. The molecule has 16 heteroatoms. The van der Waals surface area contributed by atoms with Crippen molar-refractivity contribution in [3.63, 3.8) is 0 Å². The molecule has 0 bridgehead atoms. The third-order valence-corrected chi connectivity index (χ3v) is 18.6. The number of halogens is 3. The van der Waals surface area contributed by atoms with E-state index in [2.05, 4.69) is 42.8 Å². The van der Waals surface area contributed by atoms with E-state index in [9.17, 15) is 24.0 Å². The predicted molar refractivity (Wildman–Crippen MR) is 264 cm³/mol. The van der Waals surface area contributed by atoms with Crippen LogP contribution in [0.4, 0.5) is 10.1 Å². The van der Waals surface area contributed by atoms with E-state index < -0.39 is 40.7 Å². The summed E-state index contributed by atoms with van der Waals surface area (Å²) < 4.78 is 19.6. The first-order valence-corrected chi connectivity index (χ1v) is 26.0. The molecule has 1 unspecified atom stereocenters. The van der Waals surface area contributed by atoms with Gasteiger partial charge in [-0.2, -0.15) is 0 Å². The highest BCUT2D eigenvalue weighted by molar-refractivity contribution is 6.31. The molecule has 2 saturated carbocycles. The van der Waals surface area contributed by atoms with E-state index in [0.717, 1.165) is 107 Å². The minimum absolute atomic E-state index is 0.00541. The van der Waals surface area contributed by atoms with Crippen LogP contribution in [-0.2, 0) is 38.1 Å². The van der Waals surface area contributed by atoms with Crippen molar-refractivity contribution < 1.29 is 23.6 Å². The summed E-state index contributed by atoms with van der Waals surface area (Å²) >= 11 is 13.0. The van der Waals surface area contributed by atoms with Gasteiger partial charge in [0.2, 0.25) is 23.6 Å². The lowest BCUT2D eigenvalue weighted by Gasteiger charge is -2.55. The number of fused-ring (bicyclic) bond motifs is 4. The lowest BCUT2D eigenvalue weighted by molar-refractivity contribution is -0.136. The number of anilines is 1. The second-order valence-electron chi connectivity index (χ2n) is 21.7. The van der Waals surface area contributed by atoms with Crippen LogP contribution in [0, 0.1) is 17.2 Å². The van der Waals surface area contributed by atoms with Crippen LogP contribution in [0.2, 0.25) is 10.0 Å². The van der Waals surface area contributed by atoms with Crippen molar-refractivity contribution in [2.24, 2.45) is 18.4 Å². The van der Waals surface area contributed by atoms with E-state index in [1.54, 1.807) is 35.9 Å². The Morgan fingerprint density at radius 3 is 2.33 bits per heavy atom. The first kappa shape index (κ1) is 46.8. The van der Waals surface area contributed by atoms with Gasteiger partial charge in [0.25, 0.3) is 0 Å². The maximum Gasteiger partial charge on any atom is 0.329 e. The third kappa shape index (κ3) is 7.68. The zero-order chi connectivity index (χ0) is 48.0. The molecule has 11 rings (SSSR count). The molecular formula is C53H63Cl2FN8O5. The summed E-state index contributed by atoms with van der Waals surface area (Å²) in [5.74, 6) is -1.94. The van der Waals surface area contributed by atoms with Crippen LogP contribution >= 0.6 is 23.2 Å². The SMILES string of the molecule is CN1[C@@H](C(=O)NC2CCC(CN3CC4(CCN(CCc5ccc6c(c5)n(C)c(=O)n6C5CCC(=O)NC5=O)CC4)C3)CC2)[C@H](c2cccc(Cl)c2F)[C@]2(C(=O)Nc3cc(Cl)ccc32)C12CCCCC2. The number of likely N-dealkylation sites (tertiary alicyclic amines) is 3. The van der Waals surface area contributed by atoms with Gasteiger partial charge in [-0.25, -0.2) is 9.18 Å². The fourth-order valence-electron chi connectivity index (χ4n) is 14.6. The molecule has 0 radical (unpaired) electrons. The van der Waals surface area contributed by atoms with Gasteiger partial charge in [-0.1, -0.05) is 66.7 Å². The van der Waals surface area contributed by atoms with E-state index in [4.69, 9.17) is 23.2 Å². The van der Waals surface area contributed by atoms with E-state index in [1.165, 1.54) is 23.5 Å². The summed E-state index contributed by atoms with van der Waals surface area (Å²) in [6, 6.07) is 15.0. The molecule has 5 aliphatic heterocycles. The first-order valence-electron chi connectivity index (χ1n) is 25.3. The van der Waals surface area contributed by atoms with Gasteiger partial charge >= 0.3 is 5.69 Å². The fraction of sp³-hybridized carbons (Fsp3) is 0.566. The number of nitrogens with zero attached hydrogens (tertiary/aromatic N) is 5. The molecule has 3 N–H and O–H groups in total. The number of imide groups is 1. The lowest BCUT2D eigenvalue weighted by Crippen LogP contribution is -2.61. The Labute approximate surface area is 412 Å². The fourth-order valence-corrected chi connectivity index (χ4v) is 14.9. The maximum absolute atomic E-state index is 16.5. The molecule has 3 spiro atoms. The average Bonchev–Trinajstić information content (AvgIpc) is 3.84. The number of carbonyl (C=O) groups is 4. The summed E-state index contributed by atoms with van der Waals surface area (Å²) in [5.41, 5.74) is 2.51. The second kappa shape index (κ2) is 17.9. The summed E-state index contributed by atoms with van der Waals surface area (Å²) in [5, 5.41) is 9.46. The molecule has 4 atom stereocenters. The molecule has 2 aliphatic carbocycles. The number of imidazole rings is 1. The molecule has 6 fully saturated rings. The number of hydrogen-bond acceptors (Lipinski definition) is 8. The molecule has 4 aromatic rings. The average molecular weight is 982 g/mol. The standard InChI is InChI=1S/C53H63Cl2FN8O5/c1-60-42-27-32(11-16-40(42)64(50(60)69)41-17-18-43(65)59-47(41)66)19-24-62-25-22-51(23-26-62)30-63(31-51)29-33-9-13-35(14-10-33)57-48(67)46-44(36-7-6-8-38(55)45(36)56)53(52(61(46)2)20-4-3-5-21-52)37-15-12-34(54)28-39(37)58-49(53)68/h6-8,11-12,15-16,27-28,33,35,41,44,46H,3-5,9-10,13-14,17-26,29-31H2,1-2H3,(H,57,67)(H,58,68)(H,59,65,66)/t33?,35?,41?,44-,46+,53+/m0/s1. The molecule has 13 nitrogen and oxygen atoms in total. The zero-order valence-corrected chi connectivity index (χ0v) is 41.1. The number of likely N-dealkylation sites (N-methyl/N-ethyl adjacent to an activating group) is 1. The number of piperidine rings is 2. The number of nitrogens with one attached hydrogen (secondary N) is 3. The van der Waals surface area contributed by atoms with E-state index in [1.807, 2.05) is 19.2 Å². The van der Waals surface area contributed by atoms with Crippen LogP contribution in [-0.4, -0.2) is 111 Å². The predicted octanol–water partition coefficient (Wildman–Crippen LogP) is 7.07. The van der Waals surface area contributed by atoms with Crippen molar-refractivity contribution in [1.82, 2.24) is 34.5 Å². The molecule has 366 valence electrons. The number of aryl methyl sites for hydroxylation is 1. The van der Waals surface area contributed by atoms with Gasteiger partial charge in [-0.15, -0.1) is 0 Å². The third-order valence-electron chi connectivity index (χ3n) is 18.0. The number of hydrogen-bond donors (Lipinski definition) is 3. The van der Waals surface area contributed by atoms with Crippen molar-refractivity contribution in [2.45, 2.75) is 125 Å². The summed E-state index contributed by atoms with van der Waals surface area (Å²) in [6.07, 6.45) is 11.8. The van der Waals surface area contributed by atoms with Crippen LogP contribution in [0.25, 0.3) is 11.0 Å². The Morgan fingerprint density at radius 1 is 0.841 bits per heavy atom. The molecular weight excluding hydrogens is 919 g/mol. The van der Waals surface area contributed by atoms with Crippen LogP contribution in [0.3, 0.4) is 0 Å². The van der Waals surface area contributed by atoms with Crippen molar-refractivity contribution >= 4 is 63.6 Å². The van der Waals surface area contributed by atoms with Crippen molar-refractivity contribution in [3.8, 4) is 0 Å². The van der Waals surface area contributed by atoms with Crippen molar-refractivity contribution in [1.29, 1.82) is 0 Å². The number of rotatable bonds is 9. The Hall–Kier alpha value is -4.60. The Balaban J connectivity index is 0.695. The quantitative estimate of drug-likeness (QED) is 0.152. The molecule has 1 aromatic heterocycles. The smallest absolute Gasteiger partial charge is 0.329 e. The molecule has 4 saturated heterocycles. The summed E-state index contributed by atoms with van der Waals surface area (Å²) in [4.78, 5) is 74.8. The topological polar surface area (TPSA) is 141 Å². The second-order valence-corrected chi connectivity index (χ2v) is 22.6. The van der Waals surface area contributed by atoms with Crippen LogP contribution in [0.15, 0.2) is 59.4 Å². The van der Waals surface area contributed by atoms with Crippen molar-refractivity contribution in [2.75, 3.05) is 51.6 Å². The number of aromatic nitrogens is 2.